The van der Waals surface area contributed by atoms with Crippen LogP contribution in [0, 0.1) is 0 Å². The Hall–Kier alpha value is -2.11. The van der Waals surface area contributed by atoms with Crippen molar-refractivity contribution < 1.29 is 9.53 Å². The number of hydrogen-bond donors (Lipinski definition) is 1. The van der Waals surface area contributed by atoms with Crippen molar-refractivity contribution in [3.63, 3.8) is 0 Å². The number of nitrogens with zero attached hydrogens (tertiary/aromatic N) is 2. The third kappa shape index (κ3) is 2.90. The molecule has 5 heteroatoms. The molecule has 2 aliphatic rings. The fourth-order valence-electron chi connectivity index (χ4n) is 3.57. The SMILES string of the molecule is O=C(c1ccc[nH]1)N1C[C@H]2OCCN(Cc3ccccc3)[C@H]2C1. The number of benzene rings is 1. The number of ether oxygens (including phenoxy) is 1. The van der Waals surface area contributed by atoms with Gasteiger partial charge in [0.2, 0.25) is 0 Å². The topological polar surface area (TPSA) is 48.6 Å². The molecule has 2 fully saturated rings. The highest BCUT2D eigenvalue weighted by molar-refractivity contribution is 5.92. The summed E-state index contributed by atoms with van der Waals surface area (Å²) in [4.78, 5) is 19.9. The Balaban J connectivity index is 1.47. The number of H-pyrrole nitrogens is 1. The van der Waals surface area contributed by atoms with Crippen LogP contribution in [-0.4, -0.2) is 59.1 Å². The smallest absolute Gasteiger partial charge is 0.270 e. The fourth-order valence-corrected chi connectivity index (χ4v) is 3.57. The number of hydrogen-bond acceptors (Lipinski definition) is 3. The molecule has 0 radical (unpaired) electrons. The van der Waals surface area contributed by atoms with E-state index in [1.54, 1.807) is 6.20 Å². The molecule has 1 aromatic heterocycles. The zero-order valence-corrected chi connectivity index (χ0v) is 13.0. The van der Waals surface area contributed by atoms with E-state index in [2.05, 4.69) is 34.1 Å². The summed E-state index contributed by atoms with van der Waals surface area (Å²) < 4.78 is 5.92. The molecule has 1 amide bonds. The first-order valence-corrected chi connectivity index (χ1v) is 8.13. The maximum Gasteiger partial charge on any atom is 0.270 e. The maximum atomic E-state index is 12.5. The third-order valence-electron chi connectivity index (χ3n) is 4.76. The molecule has 0 spiro atoms. The van der Waals surface area contributed by atoms with Gasteiger partial charge in [-0.05, 0) is 17.7 Å². The molecule has 0 bridgehead atoms. The van der Waals surface area contributed by atoms with Crippen LogP contribution in [0.1, 0.15) is 16.1 Å². The summed E-state index contributed by atoms with van der Waals surface area (Å²) in [6, 6.07) is 14.5. The molecule has 5 nitrogen and oxygen atoms in total. The highest BCUT2D eigenvalue weighted by Crippen LogP contribution is 2.25. The zero-order valence-electron chi connectivity index (χ0n) is 13.0. The van der Waals surface area contributed by atoms with Crippen LogP contribution in [0.15, 0.2) is 48.7 Å². The number of aromatic amines is 1. The number of nitrogens with one attached hydrogen (secondary N) is 1. The monoisotopic (exact) mass is 311 g/mol. The van der Waals surface area contributed by atoms with Gasteiger partial charge in [-0.1, -0.05) is 30.3 Å². The molecular formula is C18H21N3O2. The van der Waals surface area contributed by atoms with Crippen LogP contribution >= 0.6 is 0 Å². The molecule has 3 heterocycles. The minimum absolute atomic E-state index is 0.0626. The molecule has 2 saturated heterocycles. The number of carbonyl (C=O) groups is 1. The predicted octanol–water partition coefficient (Wildman–Crippen LogP) is 1.74. The van der Waals surface area contributed by atoms with Gasteiger partial charge in [-0.25, -0.2) is 0 Å². The van der Waals surface area contributed by atoms with Crippen LogP contribution in [0.3, 0.4) is 0 Å². The van der Waals surface area contributed by atoms with Crippen molar-refractivity contribution in [3.05, 3.63) is 59.9 Å². The molecule has 2 aliphatic heterocycles. The van der Waals surface area contributed by atoms with Gasteiger partial charge in [0.15, 0.2) is 0 Å². The van der Waals surface area contributed by atoms with Crippen LogP contribution in [0.4, 0.5) is 0 Å². The summed E-state index contributed by atoms with van der Waals surface area (Å²) in [6.45, 7) is 3.97. The minimum atomic E-state index is 0.0626. The summed E-state index contributed by atoms with van der Waals surface area (Å²) >= 11 is 0. The summed E-state index contributed by atoms with van der Waals surface area (Å²) in [5.41, 5.74) is 1.96. The standard InChI is InChI=1S/C18H21N3O2/c22-18(15-7-4-8-19-15)21-12-16-17(13-21)23-10-9-20(16)11-14-5-2-1-3-6-14/h1-8,16-17,19H,9-13H2/t16-,17+/m0/s1. The summed E-state index contributed by atoms with van der Waals surface area (Å²) in [7, 11) is 0. The third-order valence-corrected chi connectivity index (χ3v) is 4.76. The number of fused-ring (bicyclic) bond motifs is 1. The average molecular weight is 311 g/mol. The number of carbonyl (C=O) groups excluding carboxylic acids is 1. The van der Waals surface area contributed by atoms with Crippen LogP contribution in [-0.2, 0) is 11.3 Å². The average Bonchev–Trinajstić information content (AvgIpc) is 3.25. The second-order valence-corrected chi connectivity index (χ2v) is 6.23. The van der Waals surface area contributed by atoms with Gasteiger partial charge in [0.05, 0.1) is 18.8 Å². The van der Waals surface area contributed by atoms with Crippen molar-refractivity contribution in [3.8, 4) is 0 Å². The zero-order chi connectivity index (χ0) is 15.6. The second kappa shape index (κ2) is 6.18. The Morgan fingerprint density at radius 1 is 1.17 bits per heavy atom. The normalized spacial score (nSPS) is 24.6. The number of morpholine rings is 1. The first-order valence-electron chi connectivity index (χ1n) is 8.13. The van der Waals surface area contributed by atoms with E-state index in [-0.39, 0.29) is 18.1 Å². The van der Waals surface area contributed by atoms with Crippen molar-refractivity contribution in [1.29, 1.82) is 0 Å². The number of rotatable bonds is 3. The molecule has 2 atom stereocenters. The number of likely N-dealkylation sites (tertiary alicyclic amines) is 1. The van der Waals surface area contributed by atoms with Crippen molar-refractivity contribution in [2.45, 2.75) is 18.7 Å². The molecule has 0 aliphatic carbocycles. The van der Waals surface area contributed by atoms with Crippen LogP contribution in [0.2, 0.25) is 0 Å². The quantitative estimate of drug-likeness (QED) is 0.939. The summed E-state index contributed by atoms with van der Waals surface area (Å²) in [5, 5.41) is 0. The van der Waals surface area contributed by atoms with Gasteiger partial charge in [-0.2, -0.15) is 0 Å². The van der Waals surface area contributed by atoms with Gasteiger partial charge >= 0.3 is 0 Å². The van der Waals surface area contributed by atoms with E-state index in [9.17, 15) is 4.79 Å². The highest BCUT2D eigenvalue weighted by Gasteiger charge is 2.41. The molecule has 1 aromatic carbocycles. The second-order valence-electron chi connectivity index (χ2n) is 6.23. The first kappa shape index (κ1) is 14.5. The van der Waals surface area contributed by atoms with Crippen molar-refractivity contribution in [1.82, 2.24) is 14.8 Å². The Bertz CT molecular complexity index is 656. The summed E-state index contributed by atoms with van der Waals surface area (Å²) in [5.74, 6) is 0.0626. The van der Waals surface area contributed by atoms with Crippen molar-refractivity contribution in [2.75, 3.05) is 26.2 Å². The molecule has 1 N–H and O–H groups in total. The highest BCUT2D eigenvalue weighted by atomic mass is 16.5. The molecule has 4 rings (SSSR count). The van der Waals surface area contributed by atoms with E-state index in [1.807, 2.05) is 23.1 Å². The predicted molar refractivity (Wildman–Crippen MR) is 87.1 cm³/mol. The lowest BCUT2D eigenvalue weighted by Gasteiger charge is -2.36. The molecule has 0 saturated carbocycles. The van der Waals surface area contributed by atoms with E-state index in [0.29, 0.717) is 12.2 Å². The largest absolute Gasteiger partial charge is 0.373 e. The van der Waals surface area contributed by atoms with Gasteiger partial charge in [0.25, 0.3) is 5.91 Å². The summed E-state index contributed by atoms with van der Waals surface area (Å²) in [6.07, 6.45) is 1.90. The number of aromatic nitrogens is 1. The first-order chi connectivity index (χ1) is 11.3. The van der Waals surface area contributed by atoms with E-state index >= 15 is 0 Å². The number of amides is 1. The maximum absolute atomic E-state index is 12.5. The van der Waals surface area contributed by atoms with Gasteiger partial charge in [-0.3, -0.25) is 9.69 Å². The molecule has 2 aromatic rings. The van der Waals surface area contributed by atoms with E-state index < -0.39 is 0 Å². The molecule has 0 unspecified atom stereocenters. The van der Waals surface area contributed by atoms with Crippen molar-refractivity contribution in [2.24, 2.45) is 0 Å². The Labute approximate surface area is 135 Å². The molecule has 120 valence electrons. The lowest BCUT2D eigenvalue weighted by Crippen LogP contribution is -2.50. The van der Waals surface area contributed by atoms with Gasteiger partial charge in [0, 0.05) is 32.4 Å². The molecule has 23 heavy (non-hydrogen) atoms. The van der Waals surface area contributed by atoms with E-state index in [0.717, 1.165) is 26.2 Å². The van der Waals surface area contributed by atoms with Crippen LogP contribution < -0.4 is 0 Å². The van der Waals surface area contributed by atoms with E-state index in [4.69, 9.17) is 4.74 Å². The van der Waals surface area contributed by atoms with Crippen LogP contribution in [0.5, 0.6) is 0 Å². The fraction of sp³-hybridized carbons (Fsp3) is 0.389. The molecular weight excluding hydrogens is 290 g/mol. The lowest BCUT2D eigenvalue weighted by molar-refractivity contribution is -0.0503. The Morgan fingerprint density at radius 3 is 2.83 bits per heavy atom. The lowest BCUT2D eigenvalue weighted by atomic mass is 10.1. The van der Waals surface area contributed by atoms with Crippen molar-refractivity contribution >= 4 is 5.91 Å². The Kier molecular flexibility index (Phi) is 3.89. The minimum Gasteiger partial charge on any atom is -0.373 e. The van der Waals surface area contributed by atoms with Gasteiger partial charge in [-0.15, -0.1) is 0 Å². The van der Waals surface area contributed by atoms with E-state index in [1.165, 1.54) is 5.56 Å². The van der Waals surface area contributed by atoms with Crippen LogP contribution in [0.25, 0.3) is 0 Å². The Morgan fingerprint density at radius 2 is 2.04 bits per heavy atom. The van der Waals surface area contributed by atoms with Gasteiger partial charge in [0.1, 0.15) is 5.69 Å². The van der Waals surface area contributed by atoms with Gasteiger partial charge < -0.3 is 14.6 Å².